The highest BCUT2D eigenvalue weighted by atomic mass is 35.5. The maximum Gasteiger partial charge on any atom is 0.250 e. The second kappa shape index (κ2) is 9.45. The number of hydrogen-bond acceptors (Lipinski definition) is 4. The topological polar surface area (TPSA) is 52.7 Å². The van der Waals surface area contributed by atoms with E-state index in [2.05, 4.69) is 21.4 Å². The molecule has 2 saturated carbocycles. The average Bonchev–Trinajstić information content (AvgIpc) is 3.67. The molecule has 1 N–H and O–H groups in total. The fourth-order valence-electron chi connectivity index (χ4n) is 6.31. The van der Waals surface area contributed by atoms with Crippen LogP contribution in [0.15, 0.2) is 18.2 Å². The Morgan fingerprint density at radius 3 is 2.26 bits per heavy atom. The monoisotopic (exact) mass is 521 g/mol. The van der Waals surface area contributed by atoms with Gasteiger partial charge in [0.05, 0.1) is 5.25 Å². The van der Waals surface area contributed by atoms with Gasteiger partial charge in [-0.3, -0.25) is 4.72 Å². The summed E-state index contributed by atoms with van der Waals surface area (Å²) in [6.45, 7) is 6.63. The number of alkyl halides is 2. The zero-order valence-corrected chi connectivity index (χ0v) is 21.2. The van der Waals surface area contributed by atoms with Crippen molar-refractivity contribution in [3.05, 3.63) is 29.6 Å². The van der Waals surface area contributed by atoms with E-state index in [1.54, 1.807) is 6.07 Å². The van der Waals surface area contributed by atoms with E-state index >= 15 is 0 Å². The number of rotatable bonds is 9. The van der Waals surface area contributed by atoms with E-state index < -0.39 is 15.9 Å². The summed E-state index contributed by atoms with van der Waals surface area (Å²) in [4.78, 5) is 4.55. The van der Waals surface area contributed by atoms with Crippen molar-refractivity contribution in [1.29, 1.82) is 0 Å². The molecule has 4 aliphatic rings. The van der Waals surface area contributed by atoms with Crippen molar-refractivity contribution in [2.45, 2.75) is 62.0 Å². The molecule has 0 aromatic heterocycles. The number of benzene rings is 1. The Balaban J connectivity index is 0.00000274. The van der Waals surface area contributed by atoms with Crippen molar-refractivity contribution in [2.24, 2.45) is 11.8 Å². The number of fused-ring (bicyclic) bond motifs is 1. The Hall–Kier alpha value is -1.03. The molecule has 2 heterocycles. The van der Waals surface area contributed by atoms with Gasteiger partial charge in [-0.05, 0) is 74.4 Å². The number of sulfonamides is 1. The first-order valence-electron chi connectivity index (χ1n) is 12.3. The summed E-state index contributed by atoms with van der Waals surface area (Å²) in [5.74, 6) is -2.00. The molecular weight excluding hydrogens is 487 g/mol. The average molecular weight is 522 g/mol. The number of nitrogens with zero attached hydrogens (tertiary/aromatic N) is 2. The summed E-state index contributed by atoms with van der Waals surface area (Å²) in [6.07, 6.45) is 3.08. The van der Waals surface area contributed by atoms with Crippen LogP contribution in [0.4, 0.5) is 18.9 Å². The fraction of sp³-hybridized carbons (Fsp3) is 0.750. The molecule has 2 aliphatic carbocycles. The molecule has 0 radical (unpaired) electrons. The van der Waals surface area contributed by atoms with Crippen LogP contribution in [0.1, 0.15) is 51.0 Å². The minimum atomic E-state index is -3.38. The van der Waals surface area contributed by atoms with Crippen LogP contribution in [-0.2, 0) is 15.4 Å². The summed E-state index contributed by atoms with van der Waals surface area (Å²) in [5.41, 5.74) is 0.880. The maximum absolute atomic E-state index is 14.9. The lowest BCUT2D eigenvalue weighted by Gasteiger charge is -2.32. The molecule has 0 spiro atoms. The lowest BCUT2D eigenvalue weighted by molar-refractivity contribution is -0.0553. The molecule has 0 amide bonds. The molecule has 34 heavy (non-hydrogen) atoms. The second-order valence-corrected chi connectivity index (χ2v) is 12.4. The van der Waals surface area contributed by atoms with E-state index in [9.17, 15) is 21.6 Å². The summed E-state index contributed by atoms with van der Waals surface area (Å²) < 4.78 is 68.9. The fourth-order valence-corrected chi connectivity index (χ4v) is 7.68. The van der Waals surface area contributed by atoms with Crippen molar-refractivity contribution in [2.75, 3.05) is 44.0 Å². The Morgan fingerprint density at radius 2 is 1.68 bits per heavy atom. The molecule has 3 atom stereocenters. The van der Waals surface area contributed by atoms with Gasteiger partial charge in [0, 0.05) is 50.1 Å². The van der Waals surface area contributed by atoms with Crippen molar-refractivity contribution < 1.29 is 21.6 Å². The molecule has 192 valence electrons. The number of anilines is 1. The maximum atomic E-state index is 14.9. The van der Waals surface area contributed by atoms with E-state index in [4.69, 9.17) is 0 Å². The van der Waals surface area contributed by atoms with Crippen LogP contribution >= 0.6 is 12.4 Å². The van der Waals surface area contributed by atoms with Gasteiger partial charge in [-0.15, -0.1) is 12.4 Å². The number of nitrogens with one attached hydrogen (secondary N) is 1. The van der Waals surface area contributed by atoms with E-state index in [0.29, 0.717) is 49.0 Å². The first kappa shape index (κ1) is 26.0. The zero-order valence-electron chi connectivity index (χ0n) is 19.6. The third-order valence-electron chi connectivity index (χ3n) is 8.42. The molecule has 0 bridgehead atoms. The highest BCUT2D eigenvalue weighted by molar-refractivity contribution is 7.93. The highest BCUT2D eigenvalue weighted by Gasteiger charge is 2.68. The third kappa shape index (κ3) is 4.95. The third-order valence-corrected chi connectivity index (χ3v) is 10.3. The van der Waals surface area contributed by atoms with Crippen LogP contribution in [0.25, 0.3) is 0 Å². The Bertz CT molecular complexity index is 983. The largest absolute Gasteiger partial charge is 0.303 e. The van der Waals surface area contributed by atoms with E-state index in [1.165, 1.54) is 12.1 Å². The zero-order chi connectivity index (χ0) is 23.4. The normalized spacial score (nSPS) is 31.1. The number of halogens is 4. The van der Waals surface area contributed by atoms with Crippen LogP contribution < -0.4 is 4.72 Å². The SMILES string of the molecule is CCC1(c2cc(NS(=O)(=O)C3CC3)ccc2F)[C@@H]2CN(CCCN3CCC(F)(F)CC3)C[C@@H]21.Cl. The predicted octanol–water partition coefficient (Wildman–Crippen LogP) is 4.48. The number of hydrogen-bond donors (Lipinski definition) is 1. The molecule has 5 rings (SSSR count). The second-order valence-electron chi connectivity index (χ2n) is 10.5. The van der Waals surface area contributed by atoms with Crippen molar-refractivity contribution in [3.8, 4) is 0 Å². The number of piperidine rings is 2. The Morgan fingerprint density at radius 1 is 1.06 bits per heavy atom. The summed E-state index contributed by atoms with van der Waals surface area (Å²) in [7, 11) is -3.38. The van der Waals surface area contributed by atoms with Crippen molar-refractivity contribution in [3.63, 3.8) is 0 Å². The van der Waals surface area contributed by atoms with E-state index in [0.717, 1.165) is 39.0 Å². The smallest absolute Gasteiger partial charge is 0.250 e. The quantitative estimate of drug-likeness (QED) is 0.520. The summed E-state index contributed by atoms with van der Waals surface area (Å²) in [5, 5.41) is -0.318. The lowest BCUT2D eigenvalue weighted by atomic mass is 9.86. The van der Waals surface area contributed by atoms with Gasteiger partial charge in [0.15, 0.2) is 0 Å². The highest BCUT2D eigenvalue weighted by Crippen LogP contribution is 2.66. The van der Waals surface area contributed by atoms with Crippen LogP contribution in [0.3, 0.4) is 0 Å². The predicted molar refractivity (Wildman–Crippen MR) is 130 cm³/mol. The van der Waals surface area contributed by atoms with Gasteiger partial charge >= 0.3 is 0 Å². The van der Waals surface area contributed by atoms with Gasteiger partial charge in [0.25, 0.3) is 5.92 Å². The van der Waals surface area contributed by atoms with Gasteiger partial charge in [-0.2, -0.15) is 0 Å². The molecular formula is C24H35ClF3N3O2S. The van der Waals surface area contributed by atoms with Gasteiger partial charge < -0.3 is 9.80 Å². The molecule has 1 unspecified atom stereocenters. The Labute approximate surface area is 206 Å². The van der Waals surface area contributed by atoms with Crippen LogP contribution in [0.2, 0.25) is 0 Å². The van der Waals surface area contributed by atoms with Crippen molar-refractivity contribution in [1.82, 2.24) is 9.80 Å². The minimum absolute atomic E-state index is 0. The molecule has 2 saturated heterocycles. The number of likely N-dealkylation sites (tertiary alicyclic amines) is 2. The van der Waals surface area contributed by atoms with Crippen molar-refractivity contribution >= 4 is 28.1 Å². The lowest BCUT2D eigenvalue weighted by Crippen LogP contribution is -2.40. The van der Waals surface area contributed by atoms with Crippen LogP contribution in [0, 0.1) is 17.7 Å². The first-order valence-corrected chi connectivity index (χ1v) is 13.8. The standard InChI is InChI=1S/C24H34F3N3O2S.ClH/c1-2-24(19-14-17(4-7-22(19)25)28-33(31,32)18-5-6-18)20-15-30(16-21(20)24)11-3-10-29-12-8-23(26,27)9-13-29;/h4,7,14,18,20-21,28H,2-3,5-6,8-13,15-16H2,1H3;1H/t20-,21+,24?;. The van der Waals surface area contributed by atoms with Gasteiger partial charge in [0.1, 0.15) is 5.82 Å². The van der Waals surface area contributed by atoms with Crippen LogP contribution in [0.5, 0.6) is 0 Å². The summed E-state index contributed by atoms with van der Waals surface area (Å²) in [6, 6.07) is 4.63. The first-order chi connectivity index (χ1) is 15.6. The van der Waals surface area contributed by atoms with Gasteiger partial charge in [0.2, 0.25) is 10.0 Å². The Kier molecular flexibility index (Phi) is 7.24. The van der Waals surface area contributed by atoms with E-state index in [-0.39, 0.29) is 41.7 Å². The van der Waals surface area contributed by atoms with Gasteiger partial charge in [-0.1, -0.05) is 6.92 Å². The van der Waals surface area contributed by atoms with E-state index in [1.807, 2.05) is 0 Å². The molecule has 4 fully saturated rings. The molecule has 1 aromatic rings. The van der Waals surface area contributed by atoms with Crippen LogP contribution in [-0.4, -0.2) is 68.7 Å². The van der Waals surface area contributed by atoms with Gasteiger partial charge in [-0.25, -0.2) is 21.6 Å². The molecule has 5 nitrogen and oxygen atoms in total. The molecule has 10 heteroatoms. The summed E-state index contributed by atoms with van der Waals surface area (Å²) >= 11 is 0. The molecule has 2 aliphatic heterocycles. The molecule has 1 aromatic carbocycles. The minimum Gasteiger partial charge on any atom is -0.303 e.